The topological polar surface area (TPSA) is 88.6 Å². The molecule has 6 nitrogen and oxygen atoms in total. The van der Waals surface area contributed by atoms with Gasteiger partial charge in [0.2, 0.25) is 5.91 Å². The molecule has 2 aliphatic rings. The predicted molar refractivity (Wildman–Crippen MR) is 129 cm³/mol. The zero-order valence-corrected chi connectivity index (χ0v) is 20.8. The SMILES string of the molecule is CC.CC.CC/C=C1/CN(c2c(F)c(OC)cc(OC)c2F)C(=O)C2(CC2)/C1=C/C(=N)CN. The molecule has 3 rings (SSSR count). The first-order valence-electron chi connectivity index (χ1n) is 11.5. The number of carbonyl (C=O) groups excluding carboxylic acids is 1. The third-order valence-electron chi connectivity index (χ3n) is 5.40. The molecule has 1 aliphatic heterocycles. The van der Waals surface area contributed by atoms with Crippen molar-refractivity contribution in [1.82, 2.24) is 0 Å². The van der Waals surface area contributed by atoms with E-state index >= 15 is 8.78 Å². The molecule has 1 heterocycles. The van der Waals surface area contributed by atoms with Crippen molar-refractivity contribution >= 4 is 17.3 Å². The van der Waals surface area contributed by atoms with Crippen molar-refractivity contribution in [2.45, 2.75) is 53.9 Å². The van der Waals surface area contributed by atoms with E-state index in [1.165, 1.54) is 14.2 Å². The van der Waals surface area contributed by atoms with Gasteiger partial charge in [-0.3, -0.25) is 4.79 Å². The molecular formula is C25H37F2N3O3. The molecule has 8 heteroatoms. The second-order valence-electron chi connectivity index (χ2n) is 7.16. The van der Waals surface area contributed by atoms with Crippen molar-refractivity contribution in [2.75, 3.05) is 32.2 Å². The van der Waals surface area contributed by atoms with Crippen LogP contribution >= 0.6 is 0 Å². The first kappa shape index (κ1) is 28.3. The van der Waals surface area contributed by atoms with Crippen LogP contribution in [0, 0.1) is 22.5 Å². The summed E-state index contributed by atoms with van der Waals surface area (Å²) in [5.74, 6) is -2.71. The van der Waals surface area contributed by atoms with Crippen LogP contribution in [0.3, 0.4) is 0 Å². The van der Waals surface area contributed by atoms with E-state index in [1.807, 2.05) is 40.7 Å². The lowest BCUT2D eigenvalue weighted by molar-refractivity contribution is -0.122. The number of nitrogens with one attached hydrogen (secondary N) is 1. The van der Waals surface area contributed by atoms with Gasteiger partial charge >= 0.3 is 0 Å². The molecule has 1 amide bonds. The molecule has 3 N–H and O–H groups in total. The smallest absolute Gasteiger partial charge is 0.238 e. The Morgan fingerprint density at radius 2 is 1.67 bits per heavy atom. The summed E-state index contributed by atoms with van der Waals surface area (Å²) in [5, 5.41) is 7.95. The van der Waals surface area contributed by atoms with Gasteiger partial charge in [-0.2, -0.15) is 0 Å². The molecule has 1 aliphatic carbocycles. The zero-order chi connectivity index (χ0) is 25.3. The summed E-state index contributed by atoms with van der Waals surface area (Å²) in [6, 6.07) is 1.12. The van der Waals surface area contributed by atoms with Crippen molar-refractivity contribution in [3.8, 4) is 11.5 Å². The first-order chi connectivity index (χ1) is 15.8. The monoisotopic (exact) mass is 465 g/mol. The zero-order valence-electron chi connectivity index (χ0n) is 20.8. The molecule has 1 aromatic rings. The Hall–Kier alpha value is -2.74. The summed E-state index contributed by atoms with van der Waals surface area (Å²) in [6.07, 6.45) is 5.33. The molecule has 184 valence electrons. The fourth-order valence-corrected chi connectivity index (χ4v) is 3.79. The number of hydrogen-bond donors (Lipinski definition) is 2. The highest BCUT2D eigenvalue weighted by Crippen LogP contribution is 2.58. The number of nitrogens with two attached hydrogens (primary N) is 1. The lowest BCUT2D eigenvalue weighted by Gasteiger charge is -2.37. The van der Waals surface area contributed by atoms with Gasteiger partial charge in [-0.25, -0.2) is 8.78 Å². The minimum Gasteiger partial charge on any atom is -0.493 e. The second kappa shape index (κ2) is 12.5. The van der Waals surface area contributed by atoms with Crippen LogP contribution in [0.5, 0.6) is 11.5 Å². The number of amides is 1. The Balaban J connectivity index is 0.00000129. The van der Waals surface area contributed by atoms with E-state index < -0.39 is 28.6 Å². The highest BCUT2D eigenvalue weighted by molar-refractivity contribution is 6.07. The number of halogens is 2. The summed E-state index contributed by atoms with van der Waals surface area (Å²) in [6.45, 7) is 9.98. The third kappa shape index (κ3) is 5.43. The number of benzene rings is 1. The van der Waals surface area contributed by atoms with Gasteiger partial charge in [0.25, 0.3) is 0 Å². The molecule has 2 fully saturated rings. The fraction of sp³-hybridized carbons (Fsp3) is 0.520. The van der Waals surface area contributed by atoms with Crippen molar-refractivity contribution in [3.63, 3.8) is 0 Å². The molecule has 1 saturated carbocycles. The van der Waals surface area contributed by atoms with Crippen LogP contribution in [0.1, 0.15) is 53.9 Å². The van der Waals surface area contributed by atoms with E-state index in [0.29, 0.717) is 19.3 Å². The molecule has 0 aromatic heterocycles. The van der Waals surface area contributed by atoms with Gasteiger partial charge in [-0.1, -0.05) is 40.7 Å². The van der Waals surface area contributed by atoms with E-state index in [9.17, 15) is 4.79 Å². The Morgan fingerprint density at radius 3 is 2.06 bits per heavy atom. The molecule has 0 atom stereocenters. The molecule has 33 heavy (non-hydrogen) atoms. The lowest BCUT2D eigenvalue weighted by atomic mass is 9.82. The van der Waals surface area contributed by atoms with Crippen LogP contribution in [0.4, 0.5) is 14.5 Å². The van der Waals surface area contributed by atoms with E-state index in [0.717, 1.165) is 22.1 Å². The van der Waals surface area contributed by atoms with Gasteiger partial charge in [-0.15, -0.1) is 0 Å². The third-order valence-corrected chi connectivity index (χ3v) is 5.40. The van der Waals surface area contributed by atoms with Gasteiger partial charge in [0.05, 0.1) is 26.2 Å². The maximum atomic E-state index is 15.1. The summed E-state index contributed by atoms with van der Waals surface area (Å²) < 4.78 is 40.1. The number of hydrogen-bond acceptors (Lipinski definition) is 5. The number of nitrogens with zero attached hydrogens (tertiary/aromatic N) is 1. The molecule has 1 spiro atoms. The van der Waals surface area contributed by atoms with Crippen LogP contribution in [-0.2, 0) is 4.79 Å². The Labute approximate surface area is 195 Å². The highest BCUT2D eigenvalue weighted by Gasteiger charge is 2.58. The molecular weight excluding hydrogens is 428 g/mol. The predicted octanol–water partition coefficient (Wildman–Crippen LogP) is 5.40. The second-order valence-corrected chi connectivity index (χ2v) is 7.16. The van der Waals surface area contributed by atoms with Gasteiger partial charge < -0.3 is 25.5 Å². The van der Waals surface area contributed by atoms with Gasteiger partial charge in [0.15, 0.2) is 23.1 Å². The summed E-state index contributed by atoms with van der Waals surface area (Å²) in [5.41, 5.74) is 5.90. The van der Waals surface area contributed by atoms with Crippen LogP contribution in [0.25, 0.3) is 0 Å². The summed E-state index contributed by atoms with van der Waals surface area (Å²) in [7, 11) is 2.53. The van der Waals surface area contributed by atoms with Crippen LogP contribution in [0.15, 0.2) is 29.4 Å². The normalized spacial score (nSPS) is 18.4. The highest BCUT2D eigenvalue weighted by atomic mass is 19.1. The summed E-state index contributed by atoms with van der Waals surface area (Å²) >= 11 is 0. The van der Waals surface area contributed by atoms with Crippen LogP contribution < -0.4 is 20.1 Å². The van der Waals surface area contributed by atoms with Crippen molar-refractivity contribution in [2.24, 2.45) is 11.1 Å². The average Bonchev–Trinajstić information content (AvgIpc) is 3.64. The number of anilines is 1. The number of ether oxygens (including phenoxy) is 2. The van der Waals surface area contributed by atoms with E-state index in [4.69, 9.17) is 20.6 Å². The number of rotatable bonds is 6. The van der Waals surface area contributed by atoms with Gasteiger partial charge in [0.1, 0.15) is 5.69 Å². The number of allylic oxidation sites excluding steroid dienone is 1. The van der Waals surface area contributed by atoms with Crippen LogP contribution in [0.2, 0.25) is 0 Å². The number of methoxy groups -OCH3 is 2. The fourth-order valence-electron chi connectivity index (χ4n) is 3.79. The summed E-state index contributed by atoms with van der Waals surface area (Å²) in [4.78, 5) is 14.5. The van der Waals surface area contributed by atoms with Crippen molar-refractivity contribution < 1.29 is 23.0 Å². The first-order valence-corrected chi connectivity index (χ1v) is 11.5. The van der Waals surface area contributed by atoms with Gasteiger partial charge in [-0.05, 0) is 36.5 Å². The quantitative estimate of drug-likeness (QED) is 0.551. The maximum Gasteiger partial charge on any atom is 0.238 e. The van der Waals surface area contributed by atoms with Crippen molar-refractivity contribution in [3.05, 3.63) is 41.0 Å². The Morgan fingerprint density at radius 1 is 1.15 bits per heavy atom. The molecule has 0 radical (unpaired) electrons. The maximum absolute atomic E-state index is 15.1. The molecule has 1 saturated heterocycles. The van der Waals surface area contributed by atoms with E-state index in [2.05, 4.69) is 0 Å². The standard InChI is InChI=1S/C21H25F2N3O3.2C2H6/c1-4-5-12-11-26(19-17(22)15(28-2)9-16(29-3)18(19)23)20(27)21(6-7-21)14(12)8-13(25)10-24;2*1-2/h5,8-9,25H,4,6-7,10-11,24H2,1-3H3;2*1-2H3/b12-5-,14-8+,25-13?;;. The molecule has 1 aromatic carbocycles. The average molecular weight is 466 g/mol. The van der Waals surface area contributed by atoms with Crippen molar-refractivity contribution in [1.29, 1.82) is 5.41 Å². The minimum atomic E-state index is -0.951. The molecule has 0 unspecified atom stereocenters. The Kier molecular flexibility index (Phi) is 10.7. The van der Waals surface area contributed by atoms with Crippen LogP contribution in [-0.4, -0.2) is 38.9 Å². The van der Waals surface area contributed by atoms with Gasteiger partial charge in [0, 0.05) is 18.3 Å². The number of piperidine rings is 1. The number of carbonyl (C=O) groups is 1. The van der Waals surface area contributed by atoms with E-state index in [-0.39, 0.29) is 30.3 Å². The molecule has 0 bridgehead atoms. The van der Waals surface area contributed by atoms with E-state index in [1.54, 1.807) is 6.08 Å². The Bertz CT molecular complexity index is 894. The largest absolute Gasteiger partial charge is 0.493 e. The minimum absolute atomic E-state index is 0.0116. The lowest BCUT2D eigenvalue weighted by Crippen LogP contribution is -2.46.